The highest BCUT2D eigenvalue weighted by molar-refractivity contribution is 5.78. The molecule has 80 valence electrons. The molecule has 3 heteroatoms. The van der Waals surface area contributed by atoms with E-state index in [4.69, 9.17) is 5.11 Å². The van der Waals surface area contributed by atoms with Crippen molar-refractivity contribution in [1.82, 2.24) is 4.90 Å². The quantitative estimate of drug-likeness (QED) is 0.721. The van der Waals surface area contributed by atoms with Crippen molar-refractivity contribution in [2.75, 3.05) is 6.61 Å². The van der Waals surface area contributed by atoms with Gasteiger partial charge in [0.05, 0.1) is 12.6 Å². The van der Waals surface area contributed by atoms with E-state index in [1.54, 1.807) is 0 Å². The van der Waals surface area contributed by atoms with Gasteiger partial charge in [-0.1, -0.05) is 13.3 Å². The summed E-state index contributed by atoms with van der Waals surface area (Å²) in [6.45, 7) is 2.30. The normalized spacial score (nSPS) is 37.4. The molecule has 2 fully saturated rings. The minimum atomic E-state index is 0.116. The lowest BCUT2D eigenvalue weighted by Crippen LogP contribution is -2.47. The number of amides is 1. The number of fused-ring (bicyclic) bond motifs is 1. The van der Waals surface area contributed by atoms with Crippen LogP contribution < -0.4 is 0 Å². The van der Waals surface area contributed by atoms with Crippen molar-refractivity contribution in [3.8, 4) is 0 Å². The molecule has 0 radical (unpaired) electrons. The lowest BCUT2D eigenvalue weighted by molar-refractivity contribution is -0.139. The van der Waals surface area contributed by atoms with Gasteiger partial charge in [-0.25, -0.2) is 0 Å². The predicted octanol–water partition coefficient (Wildman–Crippen LogP) is 1.16. The van der Waals surface area contributed by atoms with E-state index >= 15 is 0 Å². The third-order valence-corrected chi connectivity index (χ3v) is 3.76. The molecule has 1 amide bonds. The standard InChI is InChI=1S/C11H19NO2/c1-2-8-5-9-3-4-10(7-13)12(9)11(14)6-8/h8-10,13H,2-7H2,1H3. The number of hydrogen-bond donors (Lipinski definition) is 1. The molecule has 0 spiro atoms. The maximum Gasteiger partial charge on any atom is 0.223 e. The number of aliphatic hydroxyl groups is 1. The number of hydrogen-bond acceptors (Lipinski definition) is 2. The van der Waals surface area contributed by atoms with Gasteiger partial charge in [-0.3, -0.25) is 4.79 Å². The van der Waals surface area contributed by atoms with E-state index in [1.807, 2.05) is 4.90 Å². The van der Waals surface area contributed by atoms with Crippen LogP contribution in [-0.4, -0.2) is 34.6 Å². The molecule has 1 N–H and O–H groups in total. The molecule has 0 aromatic rings. The van der Waals surface area contributed by atoms with Gasteiger partial charge < -0.3 is 10.0 Å². The summed E-state index contributed by atoms with van der Waals surface area (Å²) in [4.78, 5) is 13.8. The minimum absolute atomic E-state index is 0.116. The second-order valence-electron chi connectivity index (χ2n) is 4.58. The summed E-state index contributed by atoms with van der Waals surface area (Å²) in [6.07, 6.45) is 5.04. The Bertz CT molecular complexity index is 229. The lowest BCUT2D eigenvalue weighted by atomic mass is 9.89. The average molecular weight is 197 g/mol. The Morgan fingerprint density at radius 3 is 2.93 bits per heavy atom. The number of carbonyl (C=O) groups excluding carboxylic acids is 1. The van der Waals surface area contributed by atoms with Gasteiger partial charge in [0.1, 0.15) is 0 Å². The highest BCUT2D eigenvalue weighted by Gasteiger charge is 2.41. The fourth-order valence-electron chi connectivity index (χ4n) is 2.91. The summed E-state index contributed by atoms with van der Waals surface area (Å²) in [5.74, 6) is 0.853. The largest absolute Gasteiger partial charge is 0.394 e. The summed E-state index contributed by atoms with van der Waals surface area (Å²) >= 11 is 0. The molecule has 2 rings (SSSR count). The molecule has 2 saturated heterocycles. The second kappa shape index (κ2) is 3.89. The molecule has 0 aliphatic carbocycles. The van der Waals surface area contributed by atoms with E-state index in [-0.39, 0.29) is 18.6 Å². The molecule has 3 atom stereocenters. The molecular weight excluding hydrogens is 178 g/mol. The maximum absolute atomic E-state index is 11.8. The zero-order valence-corrected chi connectivity index (χ0v) is 8.78. The topological polar surface area (TPSA) is 40.5 Å². The number of piperidine rings is 1. The molecule has 14 heavy (non-hydrogen) atoms. The van der Waals surface area contributed by atoms with Crippen LogP contribution in [-0.2, 0) is 4.79 Å². The molecular formula is C11H19NO2. The van der Waals surface area contributed by atoms with Crippen LogP contribution in [0.4, 0.5) is 0 Å². The van der Waals surface area contributed by atoms with Crippen molar-refractivity contribution in [3.05, 3.63) is 0 Å². The second-order valence-corrected chi connectivity index (χ2v) is 4.58. The zero-order valence-electron chi connectivity index (χ0n) is 8.78. The maximum atomic E-state index is 11.8. The lowest BCUT2D eigenvalue weighted by Gasteiger charge is -2.37. The van der Waals surface area contributed by atoms with Crippen molar-refractivity contribution in [1.29, 1.82) is 0 Å². The van der Waals surface area contributed by atoms with Gasteiger partial charge in [-0.15, -0.1) is 0 Å². The van der Waals surface area contributed by atoms with Crippen LogP contribution in [0.3, 0.4) is 0 Å². The molecule has 2 aliphatic rings. The van der Waals surface area contributed by atoms with Crippen molar-refractivity contribution in [2.45, 2.75) is 51.1 Å². The first-order valence-corrected chi connectivity index (χ1v) is 5.68. The average Bonchev–Trinajstić information content (AvgIpc) is 2.61. The number of rotatable bonds is 2. The summed E-state index contributed by atoms with van der Waals surface area (Å²) in [6, 6.07) is 0.545. The predicted molar refractivity (Wildman–Crippen MR) is 53.8 cm³/mol. The van der Waals surface area contributed by atoms with Crippen molar-refractivity contribution in [2.24, 2.45) is 5.92 Å². The van der Waals surface area contributed by atoms with Gasteiger partial charge in [0, 0.05) is 12.5 Å². The highest BCUT2D eigenvalue weighted by Crippen LogP contribution is 2.35. The third-order valence-electron chi connectivity index (χ3n) is 3.76. The van der Waals surface area contributed by atoms with Crippen molar-refractivity contribution in [3.63, 3.8) is 0 Å². The van der Waals surface area contributed by atoms with Crippen LogP contribution in [0.25, 0.3) is 0 Å². The molecule has 0 aromatic heterocycles. The van der Waals surface area contributed by atoms with E-state index in [1.165, 1.54) is 0 Å². The van der Waals surface area contributed by atoms with E-state index in [2.05, 4.69) is 6.92 Å². The summed E-state index contributed by atoms with van der Waals surface area (Å²) in [7, 11) is 0. The van der Waals surface area contributed by atoms with Crippen molar-refractivity contribution >= 4 is 5.91 Å². The van der Waals surface area contributed by atoms with E-state index < -0.39 is 0 Å². The molecule has 0 saturated carbocycles. The minimum Gasteiger partial charge on any atom is -0.394 e. The molecule has 0 bridgehead atoms. The Kier molecular flexibility index (Phi) is 2.77. The fraction of sp³-hybridized carbons (Fsp3) is 0.909. The first kappa shape index (κ1) is 9.97. The summed E-state index contributed by atoms with van der Waals surface area (Å²) in [5.41, 5.74) is 0. The van der Waals surface area contributed by atoms with Crippen molar-refractivity contribution < 1.29 is 9.90 Å². The van der Waals surface area contributed by atoms with Crippen LogP contribution in [0.1, 0.15) is 39.0 Å². The van der Waals surface area contributed by atoms with Crippen LogP contribution in [0, 0.1) is 5.92 Å². The van der Waals surface area contributed by atoms with Gasteiger partial charge in [-0.2, -0.15) is 0 Å². The SMILES string of the molecule is CCC1CC(=O)N2C(CO)CCC2C1. The van der Waals surface area contributed by atoms with Gasteiger partial charge >= 0.3 is 0 Å². The van der Waals surface area contributed by atoms with E-state index in [0.717, 1.165) is 25.7 Å². The van der Waals surface area contributed by atoms with Gasteiger partial charge in [0.2, 0.25) is 5.91 Å². The fourth-order valence-corrected chi connectivity index (χ4v) is 2.91. The Morgan fingerprint density at radius 1 is 1.50 bits per heavy atom. The Labute approximate surface area is 85.1 Å². The zero-order chi connectivity index (χ0) is 10.1. The van der Waals surface area contributed by atoms with E-state index in [0.29, 0.717) is 18.4 Å². The van der Waals surface area contributed by atoms with Gasteiger partial charge in [0.25, 0.3) is 0 Å². The molecule has 3 unspecified atom stereocenters. The number of nitrogens with zero attached hydrogens (tertiary/aromatic N) is 1. The molecule has 2 aliphatic heterocycles. The molecule has 0 aromatic carbocycles. The van der Waals surface area contributed by atoms with Crippen LogP contribution >= 0.6 is 0 Å². The highest BCUT2D eigenvalue weighted by atomic mass is 16.3. The monoisotopic (exact) mass is 197 g/mol. The third kappa shape index (κ3) is 1.54. The first-order chi connectivity index (χ1) is 6.76. The Balaban J connectivity index is 2.07. The number of carbonyl (C=O) groups is 1. The van der Waals surface area contributed by atoms with Gasteiger partial charge in [-0.05, 0) is 25.2 Å². The summed E-state index contributed by atoms with van der Waals surface area (Å²) in [5, 5.41) is 9.15. The first-order valence-electron chi connectivity index (χ1n) is 5.68. The number of aliphatic hydroxyl groups excluding tert-OH is 1. The van der Waals surface area contributed by atoms with Crippen LogP contribution in [0.2, 0.25) is 0 Å². The molecule has 3 nitrogen and oxygen atoms in total. The van der Waals surface area contributed by atoms with Gasteiger partial charge in [0.15, 0.2) is 0 Å². The van der Waals surface area contributed by atoms with Crippen LogP contribution in [0.15, 0.2) is 0 Å². The Hall–Kier alpha value is -0.570. The smallest absolute Gasteiger partial charge is 0.223 e. The molecule has 2 heterocycles. The van der Waals surface area contributed by atoms with Crippen LogP contribution in [0.5, 0.6) is 0 Å². The van der Waals surface area contributed by atoms with E-state index in [9.17, 15) is 4.79 Å². The summed E-state index contributed by atoms with van der Waals surface area (Å²) < 4.78 is 0. The Morgan fingerprint density at radius 2 is 2.29 bits per heavy atom.